The van der Waals surface area contributed by atoms with Gasteiger partial charge in [-0.1, -0.05) is 6.07 Å². The molecule has 0 aliphatic carbocycles. The zero-order valence-electron chi connectivity index (χ0n) is 13.4. The summed E-state index contributed by atoms with van der Waals surface area (Å²) in [7, 11) is 0. The first-order chi connectivity index (χ1) is 11.1. The lowest BCUT2D eigenvalue weighted by atomic mass is 10.1. The lowest BCUT2D eigenvalue weighted by molar-refractivity contribution is 0.0950. The molecule has 120 valence electrons. The zero-order valence-corrected chi connectivity index (χ0v) is 13.4. The molecule has 0 atom stereocenters. The van der Waals surface area contributed by atoms with Crippen LogP contribution in [0.15, 0.2) is 36.5 Å². The van der Waals surface area contributed by atoms with Crippen molar-refractivity contribution in [2.45, 2.75) is 26.3 Å². The number of amides is 1. The number of nitrogens with zero attached hydrogens (tertiary/aromatic N) is 2. The molecule has 1 aromatic carbocycles. The average Bonchev–Trinajstić information content (AvgIpc) is 3.10. The van der Waals surface area contributed by atoms with E-state index >= 15 is 0 Å². The summed E-state index contributed by atoms with van der Waals surface area (Å²) < 4.78 is 0. The molecule has 1 fully saturated rings. The zero-order chi connectivity index (χ0) is 16.2. The van der Waals surface area contributed by atoms with E-state index in [-0.39, 0.29) is 5.91 Å². The van der Waals surface area contributed by atoms with Crippen molar-refractivity contribution in [2.24, 2.45) is 0 Å². The fourth-order valence-electron chi connectivity index (χ4n) is 2.85. The minimum atomic E-state index is -0.102. The Kier molecular flexibility index (Phi) is 4.46. The Morgan fingerprint density at radius 2 is 2.04 bits per heavy atom. The van der Waals surface area contributed by atoms with Gasteiger partial charge in [0.25, 0.3) is 5.91 Å². The quantitative estimate of drug-likeness (QED) is 0.851. The summed E-state index contributed by atoms with van der Waals surface area (Å²) in [5, 5.41) is 2.96. The largest absolute Gasteiger partial charge is 0.399 e. The first-order valence-electron chi connectivity index (χ1n) is 7.98. The number of nitrogen functional groups attached to an aromatic ring is 1. The van der Waals surface area contributed by atoms with Crippen molar-refractivity contribution < 1.29 is 4.79 Å². The Labute approximate surface area is 136 Å². The van der Waals surface area contributed by atoms with E-state index < -0.39 is 0 Å². The van der Waals surface area contributed by atoms with Gasteiger partial charge in [-0.3, -0.25) is 4.79 Å². The number of rotatable bonds is 4. The molecule has 0 unspecified atom stereocenters. The van der Waals surface area contributed by atoms with E-state index in [1.165, 1.54) is 12.8 Å². The molecule has 23 heavy (non-hydrogen) atoms. The number of benzene rings is 1. The first kappa shape index (κ1) is 15.3. The maximum atomic E-state index is 12.3. The summed E-state index contributed by atoms with van der Waals surface area (Å²) in [5.74, 6) is 0.892. The van der Waals surface area contributed by atoms with Crippen LogP contribution >= 0.6 is 0 Å². The van der Waals surface area contributed by atoms with E-state index in [1.54, 1.807) is 18.3 Å². The van der Waals surface area contributed by atoms with Crippen molar-refractivity contribution in [1.29, 1.82) is 0 Å². The van der Waals surface area contributed by atoms with Crippen molar-refractivity contribution >= 4 is 17.4 Å². The molecule has 1 aliphatic rings. The summed E-state index contributed by atoms with van der Waals surface area (Å²) in [4.78, 5) is 19.1. The Hall–Kier alpha value is -2.56. The number of aryl methyl sites for hydroxylation is 1. The van der Waals surface area contributed by atoms with Gasteiger partial charge in [-0.15, -0.1) is 0 Å². The molecule has 0 radical (unpaired) electrons. The lowest BCUT2D eigenvalue weighted by Gasteiger charge is -2.17. The monoisotopic (exact) mass is 310 g/mol. The highest BCUT2D eigenvalue weighted by atomic mass is 16.1. The predicted molar refractivity (Wildman–Crippen MR) is 92.4 cm³/mol. The number of carbonyl (C=O) groups is 1. The molecule has 2 aromatic rings. The third-order valence-electron chi connectivity index (χ3n) is 4.20. The van der Waals surface area contributed by atoms with Crippen LogP contribution in [0.3, 0.4) is 0 Å². The number of hydrogen-bond donors (Lipinski definition) is 2. The Balaban J connectivity index is 1.67. The van der Waals surface area contributed by atoms with Gasteiger partial charge in [0.1, 0.15) is 5.82 Å². The molecule has 0 spiro atoms. The van der Waals surface area contributed by atoms with E-state index in [0.29, 0.717) is 17.8 Å². The van der Waals surface area contributed by atoms with Crippen molar-refractivity contribution in [3.8, 4) is 0 Å². The highest BCUT2D eigenvalue weighted by Gasteiger charge is 2.14. The number of aromatic nitrogens is 1. The van der Waals surface area contributed by atoms with Crippen LogP contribution in [0, 0.1) is 6.92 Å². The van der Waals surface area contributed by atoms with E-state index in [9.17, 15) is 4.79 Å². The van der Waals surface area contributed by atoms with E-state index in [1.807, 2.05) is 19.1 Å². The molecule has 3 N–H and O–H groups in total. The number of hydrogen-bond acceptors (Lipinski definition) is 4. The Morgan fingerprint density at radius 1 is 1.26 bits per heavy atom. The van der Waals surface area contributed by atoms with Gasteiger partial charge in [-0.25, -0.2) is 4.98 Å². The minimum absolute atomic E-state index is 0.102. The molecular weight excluding hydrogens is 288 g/mol. The predicted octanol–water partition coefficient (Wildman–Crippen LogP) is 2.50. The smallest absolute Gasteiger partial charge is 0.251 e. The van der Waals surface area contributed by atoms with Gasteiger partial charge < -0.3 is 16.0 Å². The molecule has 1 aliphatic heterocycles. The molecule has 0 bridgehead atoms. The molecule has 0 saturated carbocycles. The highest BCUT2D eigenvalue weighted by molar-refractivity contribution is 5.96. The Bertz CT molecular complexity index is 708. The third-order valence-corrected chi connectivity index (χ3v) is 4.20. The molecule has 3 rings (SSSR count). The van der Waals surface area contributed by atoms with E-state index in [2.05, 4.69) is 21.3 Å². The van der Waals surface area contributed by atoms with Gasteiger partial charge in [0, 0.05) is 37.1 Å². The fraction of sp³-hybridized carbons (Fsp3) is 0.333. The molecular formula is C18H22N4O. The number of anilines is 2. The second-order valence-corrected chi connectivity index (χ2v) is 5.97. The van der Waals surface area contributed by atoms with Crippen LogP contribution in [0.25, 0.3) is 0 Å². The highest BCUT2D eigenvalue weighted by Crippen LogP contribution is 2.18. The topological polar surface area (TPSA) is 71.2 Å². The van der Waals surface area contributed by atoms with Crippen LogP contribution in [-0.4, -0.2) is 24.0 Å². The Morgan fingerprint density at radius 3 is 2.83 bits per heavy atom. The number of nitrogens with two attached hydrogens (primary N) is 1. The summed E-state index contributed by atoms with van der Waals surface area (Å²) in [6.45, 7) is 4.51. The third kappa shape index (κ3) is 3.62. The lowest BCUT2D eigenvalue weighted by Crippen LogP contribution is -2.24. The van der Waals surface area contributed by atoms with Crippen molar-refractivity contribution in [3.63, 3.8) is 0 Å². The van der Waals surface area contributed by atoms with Crippen LogP contribution in [0.1, 0.15) is 34.3 Å². The van der Waals surface area contributed by atoms with E-state index in [4.69, 9.17) is 5.73 Å². The van der Waals surface area contributed by atoms with Crippen LogP contribution < -0.4 is 16.0 Å². The minimum Gasteiger partial charge on any atom is -0.399 e. The van der Waals surface area contributed by atoms with Gasteiger partial charge >= 0.3 is 0 Å². The van der Waals surface area contributed by atoms with Crippen molar-refractivity contribution in [2.75, 3.05) is 23.7 Å². The van der Waals surface area contributed by atoms with Gasteiger partial charge in [-0.2, -0.15) is 0 Å². The van der Waals surface area contributed by atoms with Crippen LogP contribution in [0.5, 0.6) is 0 Å². The number of pyridine rings is 1. The van der Waals surface area contributed by atoms with Gasteiger partial charge in [0.05, 0.1) is 0 Å². The molecule has 5 heteroatoms. The van der Waals surface area contributed by atoms with Crippen molar-refractivity contribution in [1.82, 2.24) is 10.3 Å². The van der Waals surface area contributed by atoms with E-state index in [0.717, 1.165) is 30.0 Å². The van der Waals surface area contributed by atoms with Gasteiger partial charge in [0.2, 0.25) is 0 Å². The maximum absolute atomic E-state index is 12.3. The van der Waals surface area contributed by atoms with Crippen molar-refractivity contribution in [3.05, 3.63) is 53.2 Å². The summed E-state index contributed by atoms with van der Waals surface area (Å²) in [5.41, 5.74) is 8.96. The summed E-state index contributed by atoms with van der Waals surface area (Å²) in [6.07, 6.45) is 4.25. The molecule has 5 nitrogen and oxygen atoms in total. The normalized spacial score (nSPS) is 14.0. The van der Waals surface area contributed by atoms with Crippen LogP contribution in [0.2, 0.25) is 0 Å². The molecule has 2 heterocycles. The molecule has 1 aromatic heterocycles. The standard InChI is InChI=1S/C18H22N4O/c1-13-4-5-15(19)11-16(13)18(23)21-12-14-6-7-20-17(10-14)22-8-2-3-9-22/h4-7,10-11H,2-3,8-9,12,19H2,1H3,(H,21,23). The second-order valence-electron chi connectivity index (χ2n) is 5.97. The number of carbonyl (C=O) groups excluding carboxylic acids is 1. The van der Waals surface area contributed by atoms with Crippen LogP contribution in [0.4, 0.5) is 11.5 Å². The molecule has 1 saturated heterocycles. The SMILES string of the molecule is Cc1ccc(N)cc1C(=O)NCc1ccnc(N2CCCC2)c1. The van der Waals surface area contributed by atoms with Crippen LogP contribution in [-0.2, 0) is 6.54 Å². The van der Waals surface area contributed by atoms with Gasteiger partial charge in [-0.05, 0) is 55.2 Å². The second kappa shape index (κ2) is 6.69. The molecule has 1 amide bonds. The maximum Gasteiger partial charge on any atom is 0.251 e. The summed E-state index contributed by atoms with van der Waals surface area (Å²) in [6, 6.07) is 9.37. The van der Waals surface area contributed by atoms with Gasteiger partial charge in [0.15, 0.2) is 0 Å². The average molecular weight is 310 g/mol. The summed E-state index contributed by atoms with van der Waals surface area (Å²) >= 11 is 0. The fourth-order valence-corrected chi connectivity index (χ4v) is 2.85. The number of nitrogens with one attached hydrogen (secondary N) is 1. The first-order valence-corrected chi connectivity index (χ1v) is 7.98.